The number of nitrogens with zero attached hydrogens (tertiary/aromatic N) is 3. The highest BCUT2D eigenvalue weighted by molar-refractivity contribution is 6.42. The fourth-order valence-electron chi connectivity index (χ4n) is 1.95. The van der Waals surface area contributed by atoms with Gasteiger partial charge in [-0.2, -0.15) is 0 Å². The van der Waals surface area contributed by atoms with Crippen LogP contribution in [-0.4, -0.2) is 14.5 Å². The SMILES string of the molecule is Nc1ccncc1-c1cncn1-c1ccc(Cl)c(Cl)c1. The van der Waals surface area contributed by atoms with Gasteiger partial charge in [0.15, 0.2) is 0 Å². The Balaban J connectivity index is 2.15. The van der Waals surface area contributed by atoms with Crippen molar-refractivity contribution >= 4 is 28.9 Å². The molecule has 0 saturated carbocycles. The van der Waals surface area contributed by atoms with Crippen LogP contribution < -0.4 is 5.73 Å². The number of hydrogen-bond acceptors (Lipinski definition) is 3. The summed E-state index contributed by atoms with van der Waals surface area (Å²) in [7, 11) is 0. The molecule has 0 aliphatic carbocycles. The second-order valence-corrected chi connectivity index (χ2v) is 5.02. The highest BCUT2D eigenvalue weighted by Crippen LogP contribution is 2.29. The monoisotopic (exact) mass is 304 g/mol. The second-order valence-electron chi connectivity index (χ2n) is 4.21. The smallest absolute Gasteiger partial charge is 0.0997 e. The fraction of sp³-hybridized carbons (Fsp3) is 0. The molecule has 0 saturated heterocycles. The molecule has 20 heavy (non-hydrogen) atoms. The number of aromatic nitrogens is 3. The molecule has 0 aliphatic heterocycles. The van der Waals surface area contributed by atoms with Crippen LogP contribution in [0.3, 0.4) is 0 Å². The van der Waals surface area contributed by atoms with E-state index in [2.05, 4.69) is 9.97 Å². The molecular formula is C14H10Cl2N4. The molecule has 0 spiro atoms. The summed E-state index contributed by atoms with van der Waals surface area (Å²) >= 11 is 12.0. The van der Waals surface area contributed by atoms with Gasteiger partial charge in [0.1, 0.15) is 0 Å². The lowest BCUT2D eigenvalue weighted by Gasteiger charge is -2.10. The van der Waals surface area contributed by atoms with E-state index in [0.717, 1.165) is 16.9 Å². The number of pyridine rings is 1. The van der Waals surface area contributed by atoms with Gasteiger partial charge < -0.3 is 5.73 Å². The number of anilines is 1. The first-order valence-corrected chi connectivity index (χ1v) is 6.60. The van der Waals surface area contributed by atoms with Crippen molar-refractivity contribution in [2.45, 2.75) is 0 Å². The number of nitrogens with two attached hydrogens (primary N) is 1. The van der Waals surface area contributed by atoms with Crippen molar-refractivity contribution in [3.63, 3.8) is 0 Å². The predicted molar refractivity (Wildman–Crippen MR) is 81.2 cm³/mol. The number of nitrogen functional groups attached to an aromatic ring is 1. The molecule has 0 amide bonds. The Morgan fingerprint density at radius 1 is 1.00 bits per heavy atom. The zero-order chi connectivity index (χ0) is 14.1. The molecule has 3 aromatic rings. The van der Waals surface area contributed by atoms with Gasteiger partial charge in [-0.1, -0.05) is 23.2 Å². The van der Waals surface area contributed by atoms with E-state index in [9.17, 15) is 0 Å². The van der Waals surface area contributed by atoms with Crippen molar-refractivity contribution in [1.29, 1.82) is 0 Å². The second kappa shape index (κ2) is 5.15. The molecule has 0 unspecified atom stereocenters. The summed E-state index contributed by atoms with van der Waals surface area (Å²) in [6.45, 7) is 0. The minimum Gasteiger partial charge on any atom is -0.398 e. The summed E-state index contributed by atoms with van der Waals surface area (Å²) in [5.74, 6) is 0. The van der Waals surface area contributed by atoms with Crippen molar-refractivity contribution in [3.05, 3.63) is 59.2 Å². The standard InChI is InChI=1S/C14H10Cl2N4/c15-11-2-1-9(5-12(11)16)20-8-19-7-14(20)10-6-18-4-3-13(10)17/h1-8H,(H2,17,18). The molecule has 0 radical (unpaired) electrons. The summed E-state index contributed by atoms with van der Waals surface area (Å²) in [5, 5.41) is 1.00. The van der Waals surface area contributed by atoms with E-state index in [1.54, 1.807) is 43.1 Å². The molecule has 0 bridgehead atoms. The third-order valence-corrected chi connectivity index (χ3v) is 3.69. The van der Waals surface area contributed by atoms with Crippen molar-refractivity contribution in [2.75, 3.05) is 5.73 Å². The molecule has 100 valence electrons. The van der Waals surface area contributed by atoms with E-state index in [4.69, 9.17) is 28.9 Å². The highest BCUT2D eigenvalue weighted by atomic mass is 35.5. The van der Waals surface area contributed by atoms with Crippen LogP contribution in [0.2, 0.25) is 10.0 Å². The van der Waals surface area contributed by atoms with Crippen LogP contribution in [-0.2, 0) is 0 Å². The van der Waals surface area contributed by atoms with Crippen molar-refractivity contribution in [3.8, 4) is 16.9 Å². The highest BCUT2D eigenvalue weighted by Gasteiger charge is 2.11. The van der Waals surface area contributed by atoms with E-state index in [-0.39, 0.29) is 0 Å². The van der Waals surface area contributed by atoms with Gasteiger partial charge >= 0.3 is 0 Å². The molecule has 2 aromatic heterocycles. The van der Waals surface area contributed by atoms with Gasteiger partial charge in [-0.3, -0.25) is 9.55 Å². The minimum absolute atomic E-state index is 0.489. The summed E-state index contributed by atoms with van der Waals surface area (Å²) in [6.07, 6.45) is 6.79. The number of imidazole rings is 1. The van der Waals surface area contributed by atoms with Gasteiger partial charge in [-0.15, -0.1) is 0 Å². The van der Waals surface area contributed by atoms with E-state index in [0.29, 0.717) is 15.7 Å². The molecule has 0 fully saturated rings. The first-order valence-electron chi connectivity index (χ1n) is 5.84. The van der Waals surface area contributed by atoms with Crippen LogP contribution in [0.15, 0.2) is 49.2 Å². The van der Waals surface area contributed by atoms with Crippen LogP contribution in [0, 0.1) is 0 Å². The first-order chi connectivity index (χ1) is 9.66. The average Bonchev–Trinajstić information content (AvgIpc) is 2.91. The van der Waals surface area contributed by atoms with Gasteiger partial charge in [-0.25, -0.2) is 4.98 Å². The molecular weight excluding hydrogens is 295 g/mol. The number of benzene rings is 1. The van der Waals surface area contributed by atoms with E-state index in [1.807, 2.05) is 10.6 Å². The Labute approximate surface area is 125 Å². The van der Waals surface area contributed by atoms with E-state index in [1.165, 1.54) is 0 Å². The molecule has 0 aliphatic rings. The zero-order valence-electron chi connectivity index (χ0n) is 10.3. The lowest BCUT2D eigenvalue weighted by molar-refractivity contribution is 1.06. The van der Waals surface area contributed by atoms with Crippen molar-refractivity contribution in [1.82, 2.24) is 14.5 Å². The zero-order valence-corrected chi connectivity index (χ0v) is 11.8. The van der Waals surface area contributed by atoms with Gasteiger partial charge in [0.25, 0.3) is 0 Å². The van der Waals surface area contributed by atoms with Gasteiger partial charge in [0.05, 0.1) is 28.3 Å². The number of halogens is 2. The van der Waals surface area contributed by atoms with Crippen LogP contribution in [0.1, 0.15) is 0 Å². The lowest BCUT2D eigenvalue weighted by Crippen LogP contribution is -1.98. The Kier molecular flexibility index (Phi) is 3.34. The van der Waals surface area contributed by atoms with Gasteiger partial charge in [0, 0.05) is 29.3 Å². The average molecular weight is 305 g/mol. The molecule has 2 N–H and O–H groups in total. The third kappa shape index (κ3) is 2.24. The normalized spacial score (nSPS) is 10.7. The van der Waals surface area contributed by atoms with Crippen molar-refractivity contribution < 1.29 is 0 Å². The first kappa shape index (κ1) is 13.0. The minimum atomic E-state index is 0.489. The van der Waals surface area contributed by atoms with E-state index >= 15 is 0 Å². The maximum absolute atomic E-state index is 6.06. The fourth-order valence-corrected chi connectivity index (χ4v) is 2.25. The summed E-state index contributed by atoms with van der Waals surface area (Å²) in [4.78, 5) is 8.27. The molecule has 6 heteroatoms. The van der Waals surface area contributed by atoms with Gasteiger partial charge in [-0.05, 0) is 24.3 Å². The summed E-state index contributed by atoms with van der Waals surface area (Å²) < 4.78 is 1.88. The Bertz CT molecular complexity index is 767. The third-order valence-electron chi connectivity index (χ3n) is 2.95. The van der Waals surface area contributed by atoms with Crippen LogP contribution >= 0.6 is 23.2 Å². The van der Waals surface area contributed by atoms with Gasteiger partial charge in [0.2, 0.25) is 0 Å². The molecule has 2 heterocycles. The summed E-state index contributed by atoms with van der Waals surface area (Å²) in [6, 6.07) is 7.14. The molecule has 0 atom stereocenters. The maximum Gasteiger partial charge on any atom is 0.0997 e. The number of rotatable bonds is 2. The quantitative estimate of drug-likeness (QED) is 0.783. The number of hydrogen-bond donors (Lipinski definition) is 1. The van der Waals surface area contributed by atoms with Crippen LogP contribution in [0.4, 0.5) is 5.69 Å². The van der Waals surface area contributed by atoms with Crippen LogP contribution in [0.5, 0.6) is 0 Å². The largest absolute Gasteiger partial charge is 0.398 e. The molecule has 4 nitrogen and oxygen atoms in total. The summed E-state index contributed by atoms with van der Waals surface area (Å²) in [5.41, 5.74) is 9.14. The Hall–Kier alpha value is -2.04. The topological polar surface area (TPSA) is 56.7 Å². The molecule has 3 rings (SSSR count). The Morgan fingerprint density at radius 3 is 2.60 bits per heavy atom. The van der Waals surface area contributed by atoms with Crippen molar-refractivity contribution in [2.24, 2.45) is 0 Å². The molecule has 1 aromatic carbocycles. The predicted octanol–water partition coefficient (Wildman–Crippen LogP) is 3.82. The Morgan fingerprint density at radius 2 is 1.85 bits per heavy atom. The lowest BCUT2D eigenvalue weighted by atomic mass is 10.2. The van der Waals surface area contributed by atoms with Crippen LogP contribution in [0.25, 0.3) is 16.9 Å². The van der Waals surface area contributed by atoms with E-state index < -0.39 is 0 Å². The maximum atomic E-state index is 6.06.